The molecule has 10 heteroatoms. The van der Waals surface area contributed by atoms with Gasteiger partial charge in [0, 0.05) is 18.3 Å². The second-order valence-electron chi connectivity index (χ2n) is 9.53. The number of aryl methyl sites for hydroxylation is 1. The van der Waals surface area contributed by atoms with E-state index in [2.05, 4.69) is 27.5 Å². The van der Waals surface area contributed by atoms with Crippen molar-refractivity contribution in [3.8, 4) is 5.75 Å². The number of rotatable bonds is 7. The van der Waals surface area contributed by atoms with E-state index in [-0.39, 0.29) is 36.0 Å². The maximum atomic E-state index is 13.4. The van der Waals surface area contributed by atoms with Gasteiger partial charge < -0.3 is 20.7 Å². The van der Waals surface area contributed by atoms with E-state index in [9.17, 15) is 14.4 Å². The summed E-state index contributed by atoms with van der Waals surface area (Å²) in [4.78, 5) is 45.7. The Balaban J connectivity index is 1.47. The highest BCUT2D eigenvalue weighted by atomic mass is 32.1. The highest BCUT2D eigenvalue weighted by Gasteiger charge is 2.35. The Labute approximate surface area is 218 Å². The van der Waals surface area contributed by atoms with Crippen LogP contribution in [-0.4, -0.2) is 41.0 Å². The number of amides is 4. The first-order chi connectivity index (χ1) is 17.8. The summed E-state index contributed by atoms with van der Waals surface area (Å²) >= 11 is 1.24. The zero-order valence-electron chi connectivity index (χ0n) is 21.0. The van der Waals surface area contributed by atoms with E-state index in [1.807, 2.05) is 39.0 Å². The van der Waals surface area contributed by atoms with E-state index in [1.54, 1.807) is 17.2 Å². The Morgan fingerprint density at radius 3 is 2.68 bits per heavy atom. The lowest BCUT2D eigenvalue weighted by molar-refractivity contribution is -0.117. The molecule has 2 atom stereocenters. The number of hydrogen-bond acceptors (Lipinski definition) is 6. The fourth-order valence-electron chi connectivity index (χ4n) is 4.99. The molecule has 1 aliphatic carbocycles. The molecule has 0 spiro atoms. The first kappa shape index (κ1) is 24.8. The predicted octanol–water partition coefficient (Wildman–Crippen LogP) is 5.03. The van der Waals surface area contributed by atoms with E-state index in [0.29, 0.717) is 21.1 Å². The number of nitrogens with one attached hydrogen (secondary N) is 3. The molecule has 1 unspecified atom stereocenters. The lowest BCUT2D eigenvalue weighted by Gasteiger charge is -2.30. The number of aromatic nitrogens is 1. The SMILES string of the molecule is C=CC(=O)N[C@@H]1CCCC1NC(=O)c1sc2nccc3c2c1NC(=O)N3c1ccc(OC(C)C)cc1C. The normalized spacial score (nSPS) is 18.6. The number of carbonyl (C=O) groups is 3. The highest BCUT2D eigenvalue weighted by molar-refractivity contribution is 7.21. The summed E-state index contributed by atoms with van der Waals surface area (Å²) < 4.78 is 5.80. The fourth-order valence-corrected chi connectivity index (χ4v) is 6.01. The van der Waals surface area contributed by atoms with Crippen LogP contribution < -0.4 is 25.6 Å². The minimum atomic E-state index is -0.356. The molecule has 5 rings (SSSR count). The number of ether oxygens (including phenoxy) is 1. The average molecular weight is 520 g/mol. The Morgan fingerprint density at radius 1 is 1.22 bits per heavy atom. The van der Waals surface area contributed by atoms with E-state index >= 15 is 0 Å². The molecule has 0 bridgehead atoms. The summed E-state index contributed by atoms with van der Waals surface area (Å²) in [6.07, 6.45) is 5.35. The van der Waals surface area contributed by atoms with E-state index in [1.165, 1.54) is 17.4 Å². The number of benzene rings is 1. The Bertz CT molecular complexity index is 1420. The monoisotopic (exact) mass is 519 g/mol. The van der Waals surface area contributed by atoms with Gasteiger partial charge in [0.1, 0.15) is 15.5 Å². The molecule has 4 amide bonds. The molecule has 3 heterocycles. The standard InChI is InChI=1S/C27H29N5O4S/c1-5-21(33)29-17-7-6-8-18(17)30-25(34)24-23-22-20(11-12-28-26(22)37-24)32(27(35)31-23)19-10-9-16(13-15(19)4)36-14(2)3/h5,9-14,17-18H,1,6-8H2,2-4H3,(H,29,33)(H,30,34)(H,31,35)/t17-,18?/m1/s1. The van der Waals surface area contributed by atoms with Gasteiger partial charge in [0.2, 0.25) is 5.91 Å². The summed E-state index contributed by atoms with van der Waals surface area (Å²) in [5, 5.41) is 9.61. The van der Waals surface area contributed by atoms with Crippen molar-refractivity contribution in [2.75, 3.05) is 10.2 Å². The molecule has 2 aliphatic rings. The minimum absolute atomic E-state index is 0.0408. The molecule has 0 saturated heterocycles. The number of carbonyl (C=O) groups excluding carboxylic acids is 3. The highest BCUT2D eigenvalue weighted by Crippen LogP contribution is 2.46. The first-order valence-corrected chi connectivity index (χ1v) is 13.1. The van der Waals surface area contributed by atoms with Crippen molar-refractivity contribution >= 4 is 56.5 Å². The summed E-state index contributed by atoms with van der Waals surface area (Å²) in [6, 6.07) is 6.68. The van der Waals surface area contributed by atoms with Gasteiger partial charge in [-0.25, -0.2) is 9.78 Å². The average Bonchev–Trinajstić information content (AvgIpc) is 3.44. The third kappa shape index (κ3) is 4.64. The minimum Gasteiger partial charge on any atom is -0.491 e. The Hall–Kier alpha value is -3.92. The Kier molecular flexibility index (Phi) is 6.59. The van der Waals surface area contributed by atoms with Gasteiger partial charge in [-0.2, -0.15) is 0 Å². The van der Waals surface area contributed by atoms with Crippen molar-refractivity contribution in [2.24, 2.45) is 0 Å². The van der Waals surface area contributed by atoms with Gasteiger partial charge in [-0.05, 0) is 75.9 Å². The van der Waals surface area contributed by atoms with Gasteiger partial charge in [-0.3, -0.25) is 14.5 Å². The second-order valence-corrected chi connectivity index (χ2v) is 10.5. The molecule has 9 nitrogen and oxygen atoms in total. The molecule has 1 aromatic carbocycles. The third-order valence-corrected chi connectivity index (χ3v) is 7.68. The van der Waals surface area contributed by atoms with Crippen LogP contribution in [-0.2, 0) is 4.79 Å². The number of urea groups is 1. The number of anilines is 3. The molecular formula is C27H29N5O4S. The van der Waals surface area contributed by atoms with Gasteiger partial charge in [0.25, 0.3) is 5.91 Å². The van der Waals surface area contributed by atoms with Gasteiger partial charge in [-0.15, -0.1) is 11.3 Å². The Morgan fingerprint density at radius 2 is 1.97 bits per heavy atom. The molecule has 1 saturated carbocycles. The molecule has 3 N–H and O–H groups in total. The predicted molar refractivity (Wildman–Crippen MR) is 145 cm³/mol. The first-order valence-electron chi connectivity index (χ1n) is 12.3. The second kappa shape index (κ2) is 9.85. The summed E-state index contributed by atoms with van der Waals surface area (Å²) in [5.41, 5.74) is 2.72. The zero-order chi connectivity index (χ0) is 26.3. The van der Waals surface area contributed by atoms with Crippen LogP contribution in [0.2, 0.25) is 0 Å². The molecule has 2 aromatic heterocycles. The van der Waals surface area contributed by atoms with Crippen molar-refractivity contribution in [3.05, 3.63) is 53.6 Å². The lowest BCUT2D eigenvalue weighted by Crippen LogP contribution is -2.48. The van der Waals surface area contributed by atoms with Crippen molar-refractivity contribution < 1.29 is 19.1 Å². The summed E-state index contributed by atoms with van der Waals surface area (Å²) in [7, 11) is 0. The van der Waals surface area contributed by atoms with Crippen LogP contribution >= 0.6 is 11.3 Å². The van der Waals surface area contributed by atoms with Crippen molar-refractivity contribution in [1.82, 2.24) is 15.6 Å². The van der Waals surface area contributed by atoms with Gasteiger partial charge in [0.15, 0.2) is 0 Å². The van der Waals surface area contributed by atoms with Crippen molar-refractivity contribution in [1.29, 1.82) is 0 Å². The van der Waals surface area contributed by atoms with Crippen LogP contribution in [0.3, 0.4) is 0 Å². The van der Waals surface area contributed by atoms with Crippen molar-refractivity contribution in [3.63, 3.8) is 0 Å². The molecule has 3 aromatic rings. The third-order valence-electron chi connectivity index (χ3n) is 6.58. The smallest absolute Gasteiger partial charge is 0.331 e. The maximum Gasteiger partial charge on any atom is 0.331 e. The number of hydrogen-bond donors (Lipinski definition) is 3. The van der Waals surface area contributed by atoms with Crippen molar-refractivity contribution in [2.45, 2.75) is 58.2 Å². The zero-order valence-corrected chi connectivity index (χ0v) is 21.8. The van der Waals surface area contributed by atoms with E-state index in [0.717, 1.165) is 41.6 Å². The van der Waals surface area contributed by atoms with Crippen LogP contribution in [0.1, 0.15) is 48.3 Å². The number of thiophene rings is 1. The largest absolute Gasteiger partial charge is 0.491 e. The molecule has 192 valence electrons. The summed E-state index contributed by atoms with van der Waals surface area (Å²) in [5.74, 6) is 0.176. The lowest BCUT2D eigenvalue weighted by atomic mass is 10.1. The van der Waals surface area contributed by atoms with Gasteiger partial charge in [-0.1, -0.05) is 6.58 Å². The van der Waals surface area contributed by atoms with Gasteiger partial charge in [0.05, 0.1) is 28.6 Å². The van der Waals surface area contributed by atoms with E-state index < -0.39 is 0 Å². The molecule has 37 heavy (non-hydrogen) atoms. The molecule has 1 aliphatic heterocycles. The fraction of sp³-hybridized carbons (Fsp3) is 0.333. The number of pyridine rings is 1. The van der Waals surface area contributed by atoms with Gasteiger partial charge >= 0.3 is 6.03 Å². The van der Waals surface area contributed by atoms with Crippen LogP contribution in [0.15, 0.2) is 43.1 Å². The summed E-state index contributed by atoms with van der Waals surface area (Å²) in [6.45, 7) is 9.36. The molecular weight excluding hydrogens is 490 g/mol. The van der Waals surface area contributed by atoms with Crippen LogP contribution in [0, 0.1) is 6.92 Å². The van der Waals surface area contributed by atoms with Crippen LogP contribution in [0.25, 0.3) is 10.2 Å². The quantitative estimate of drug-likeness (QED) is 0.379. The van der Waals surface area contributed by atoms with Crippen LogP contribution in [0.5, 0.6) is 5.75 Å². The number of nitrogens with zero attached hydrogens (tertiary/aromatic N) is 2. The topological polar surface area (TPSA) is 113 Å². The molecule has 1 fully saturated rings. The maximum absolute atomic E-state index is 13.4. The molecule has 0 radical (unpaired) electrons. The van der Waals surface area contributed by atoms with Crippen LogP contribution in [0.4, 0.5) is 21.9 Å². The van der Waals surface area contributed by atoms with E-state index in [4.69, 9.17) is 4.74 Å².